The molecule has 0 spiro atoms. The van der Waals surface area contributed by atoms with Gasteiger partial charge in [-0.25, -0.2) is 4.98 Å². The highest BCUT2D eigenvalue weighted by Gasteiger charge is 2.14. The van der Waals surface area contributed by atoms with Gasteiger partial charge in [0.05, 0.1) is 23.0 Å². The van der Waals surface area contributed by atoms with E-state index in [0.29, 0.717) is 12.2 Å². The molecule has 146 valence electrons. The van der Waals surface area contributed by atoms with E-state index in [-0.39, 0.29) is 5.88 Å². The summed E-state index contributed by atoms with van der Waals surface area (Å²) >= 11 is 0. The predicted octanol–water partition coefficient (Wildman–Crippen LogP) is 5.03. The molecule has 5 rings (SSSR count). The van der Waals surface area contributed by atoms with Crippen LogP contribution in [0.15, 0.2) is 84.3 Å². The SMILES string of the molecule is Oc1[nH]c2cc(/C=N/OCc3cccnc3)ccc2c1-c1ccc2ccccc2n1. The number of aromatic hydroxyl groups is 1. The number of rotatable bonds is 5. The van der Waals surface area contributed by atoms with Crippen molar-refractivity contribution in [3.05, 3.63) is 90.3 Å². The molecule has 2 N–H and O–H groups in total. The van der Waals surface area contributed by atoms with Crippen molar-refractivity contribution in [3.63, 3.8) is 0 Å². The summed E-state index contributed by atoms with van der Waals surface area (Å²) in [6.45, 7) is 0.355. The second kappa shape index (κ2) is 7.67. The van der Waals surface area contributed by atoms with Crippen LogP contribution in [0.1, 0.15) is 11.1 Å². The number of nitrogens with zero attached hydrogens (tertiary/aromatic N) is 3. The van der Waals surface area contributed by atoms with Gasteiger partial charge in [-0.1, -0.05) is 47.6 Å². The van der Waals surface area contributed by atoms with Crippen molar-refractivity contribution in [2.45, 2.75) is 6.61 Å². The lowest BCUT2D eigenvalue weighted by Crippen LogP contribution is -1.89. The maximum absolute atomic E-state index is 10.5. The summed E-state index contributed by atoms with van der Waals surface area (Å²) in [6, 6.07) is 21.4. The quantitative estimate of drug-likeness (QED) is 0.323. The van der Waals surface area contributed by atoms with Crippen LogP contribution in [0.5, 0.6) is 5.88 Å². The van der Waals surface area contributed by atoms with Crippen molar-refractivity contribution in [1.82, 2.24) is 15.0 Å². The molecule has 3 heterocycles. The lowest BCUT2D eigenvalue weighted by molar-refractivity contribution is 0.132. The van der Waals surface area contributed by atoms with Crippen LogP contribution in [0.2, 0.25) is 0 Å². The van der Waals surface area contributed by atoms with Crippen molar-refractivity contribution >= 4 is 28.0 Å². The van der Waals surface area contributed by atoms with Gasteiger partial charge in [0.25, 0.3) is 0 Å². The van der Waals surface area contributed by atoms with Gasteiger partial charge in [0.2, 0.25) is 0 Å². The van der Waals surface area contributed by atoms with Crippen molar-refractivity contribution in [3.8, 4) is 17.1 Å². The van der Waals surface area contributed by atoms with E-state index < -0.39 is 0 Å². The van der Waals surface area contributed by atoms with Crippen LogP contribution in [0.4, 0.5) is 0 Å². The number of nitrogens with one attached hydrogen (secondary N) is 1. The van der Waals surface area contributed by atoms with E-state index in [4.69, 9.17) is 9.82 Å². The second-order valence-electron chi connectivity index (χ2n) is 6.91. The number of oxime groups is 1. The Kier molecular flexibility index (Phi) is 4.57. The van der Waals surface area contributed by atoms with Gasteiger partial charge in [-0.05, 0) is 29.8 Å². The summed E-state index contributed by atoms with van der Waals surface area (Å²) in [5.41, 5.74) is 4.90. The van der Waals surface area contributed by atoms with Gasteiger partial charge >= 0.3 is 0 Å². The van der Waals surface area contributed by atoms with Gasteiger partial charge in [-0.3, -0.25) is 4.98 Å². The van der Waals surface area contributed by atoms with E-state index in [1.807, 2.05) is 66.7 Å². The summed E-state index contributed by atoms with van der Waals surface area (Å²) in [4.78, 5) is 17.1. The number of aromatic amines is 1. The van der Waals surface area contributed by atoms with Crippen molar-refractivity contribution in [2.24, 2.45) is 5.16 Å². The lowest BCUT2D eigenvalue weighted by Gasteiger charge is -2.03. The number of hydrogen-bond donors (Lipinski definition) is 2. The van der Waals surface area contributed by atoms with E-state index >= 15 is 0 Å². The topological polar surface area (TPSA) is 83.4 Å². The zero-order chi connectivity index (χ0) is 20.3. The second-order valence-corrected chi connectivity index (χ2v) is 6.91. The minimum Gasteiger partial charge on any atom is -0.494 e. The molecule has 6 heteroatoms. The molecular weight excluding hydrogens is 376 g/mol. The summed E-state index contributed by atoms with van der Waals surface area (Å²) < 4.78 is 0. The molecule has 0 saturated carbocycles. The van der Waals surface area contributed by atoms with Gasteiger partial charge in [0.1, 0.15) is 6.61 Å². The van der Waals surface area contributed by atoms with Crippen LogP contribution < -0.4 is 0 Å². The van der Waals surface area contributed by atoms with Crippen LogP contribution in [0, 0.1) is 0 Å². The van der Waals surface area contributed by atoms with Gasteiger partial charge in [-0.15, -0.1) is 0 Å². The normalized spacial score (nSPS) is 11.5. The fraction of sp³-hybridized carbons (Fsp3) is 0.0417. The summed E-state index contributed by atoms with van der Waals surface area (Å²) in [6.07, 6.45) is 5.10. The molecule has 30 heavy (non-hydrogen) atoms. The Balaban J connectivity index is 1.41. The molecule has 5 aromatic rings. The predicted molar refractivity (Wildman–Crippen MR) is 117 cm³/mol. The zero-order valence-electron chi connectivity index (χ0n) is 16.0. The number of pyridine rings is 2. The minimum atomic E-state index is 0.0923. The highest BCUT2D eigenvalue weighted by Crippen LogP contribution is 2.36. The Bertz CT molecular complexity index is 1360. The van der Waals surface area contributed by atoms with Gasteiger partial charge < -0.3 is 14.9 Å². The number of benzene rings is 2. The van der Waals surface area contributed by atoms with Crippen LogP contribution >= 0.6 is 0 Å². The Labute approximate surface area is 172 Å². The molecule has 3 aromatic heterocycles. The molecule has 2 aromatic carbocycles. The Hall–Kier alpha value is -4.19. The monoisotopic (exact) mass is 394 g/mol. The first-order valence-corrected chi connectivity index (χ1v) is 9.53. The Morgan fingerprint density at radius 1 is 1.03 bits per heavy atom. The minimum absolute atomic E-state index is 0.0923. The molecule has 0 aliphatic carbocycles. The molecule has 0 fully saturated rings. The standard InChI is InChI=1S/C24H18N4O2/c29-24-23(21-10-8-18-5-1-2-6-20(18)27-21)19-9-7-16(12-22(19)28-24)14-26-30-15-17-4-3-11-25-13-17/h1-14,28-29H,15H2/b26-14+. The maximum Gasteiger partial charge on any atom is 0.199 e. The van der Waals surface area contributed by atoms with Gasteiger partial charge in [-0.2, -0.15) is 0 Å². The number of hydrogen-bond acceptors (Lipinski definition) is 5. The summed E-state index contributed by atoms with van der Waals surface area (Å²) in [5.74, 6) is 0.0923. The van der Waals surface area contributed by atoms with Crippen molar-refractivity contribution < 1.29 is 9.94 Å². The first-order chi connectivity index (χ1) is 14.8. The summed E-state index contributed by atoms with van der Waals surface area (Å²) in [5, 5.41) is 16.5. The van der Waals surface area contributed by atoms with Crippen LogP contribution in [0.3, 0.4) is 0 Å². The fourth-order valence-electron chi connectivity index (χ4n) is 3.44. The molecule has 0 aliphatic heterocycles. The van der Waals surface area contributed by atoms with Crippen LogP contribution in [0.25, 0.3) is 33.1 Å². The average Bonchev–Trinajstić information content (AvgIpc) is 3.12. The first-order valence-electron chi connectivity index (χ1n) is 9.53. The summed E-state index contributed by atoms with van der Waals surface area (Å²) in [7, 11) is 0. The largest absolute Gasteiger partial charge is 0.494 e. The van der Waals surface area contributed by atoms with Crippen LogP contribution in [-0.2, 0) is 11.4 Å². The van der Waals surface area contributed by atoms with E-state index in [1.54, 1.807) is 18.6 Å². The van der Waals surface area contributed by atoms with Crippen molar-refractivity contribution in [2.75, 3.05) is 0 Å². The van der Waals surface area contributed by atoms with E-state index in [9.17, 15) is 5.11 Å². The van der Waals surface area contributed by atoms with Gasteiger partial charge in [0.15, 0.2) is 5.88 Å². The van der Waals surface area contributed by atoms with E-state index in [2.05, 4.69) is 15.1 Å². The molecule has 0 radical (unpaired) electrons. The Morgan fingerprint density at radius 2 is 1.97 bits per heavy atom. The first kappa shape index (κ1) is 17.9. The lowest BCUT2D eigenvalue weighted by atomic mass is 10.1. The van der Waals surface area contributed by atoms with E-state index in [0.717, 1.165) is 38.6 Å². The number of para-hydroxylation sites is 1. The highest BCUT2D eigenvalue weighted by atomic mass is 16.6. The fourth-order valence-corrected chi connectivity index (χ4v) is 3.44. The Morgan fingerprint density at radius 3 is 2.87 bits per heavy atom. The smallest absolute Gasteiger partial charge is 0.199 e. The zero-order valence-corrected chi connectivity index (χ0v) is 16.0. The molecule has 0 bridgehead atoms. The molecule has 0 unspecified atom stereocenters. The van der Waals surface area contributed by atoms with E-state index in [1.165, 1.54) is 0 Å². The van der Waals surface area contributed by atoms with Crippen molar-refractivity contribution in [1.29, 1.82) is 0 Å². The number of aromatic nitrogens is 3. The third kappa shape index (κ3) is 3.46. The molecule has 0 atom stereocenters. The number of fused-ring (bicyclic) bond motifs is 2. The highest BCUT2D eigenvalue weighted by molar-refractivity contribution is 6.01. The maximum atomic E-state index is 10.5. The van der Waals surface area contributed by atoms with Gasteiger partial charge in [0, 0.05) is 34.2 Å². The molecule has 0 aliphatic rings. The molecule has 0 saturated heterocycles. The third-order valence-corrected chi connectivity index (χ3v) is 4.89. The van der Waals surface area contributed by atoms with Crippen LogP contribution in [-0.4, -0.2) is 26.3 Å². The molecule has 6 nitrogen and oxygen atoms in total. The molecule has 0 amide bonds. The average molecular weight is 394 g/mol. The third-order valence-electron chi connectivity index (χ3n) is 4.89. The number of H-pyrrole nitrogens is 1. The molecular formula is C24H18N4O2.